The number of aromatic hydroxyl groups is 1. The van der Waals surface area contributed by atoms with Crippen LogP contribution in [0.4, 0.5) is 11.4 Å². The second-order valence-electron chi connectivity index (χ2n) is 6.36. The van der Waals surface area contributed by atoms with Gasteiger partial charge >= 0.3 is 0 Å². The number of benzene rings is 2. The lowest BCUT2D eigenvalue weighted by Gasteiger charge is -2.36. The van der Waals surface area contributed by atoms with Crippen LogP contribution in [0.3, 0.4) is 0 Å². The lowest BCUT2D eigenvalue weighted by molar-refractivity contribution is -0.914. The van der Waals surface area contributed by atoms with E-state index in [2.05, 4.69) is 26.1 Å². The molecule has 0 saturated carbocycles. The van der Waals surface area contributed by atoms with E-state index in [0.717, 1.165) is 42.0 Å². The summed E-state index contributed by atoms with van der Waals surface area (Å²) in [6.07, 6.45) is 0. The summed E-state index contributed by atoms with van der Waals surface area (Å²) in [4.78, 5) is 16.0. The molecule has 3 rings (SSSR count). The number of amides is 1. The maximum Gasteiger partial charge on any atom is 0.282 e. The predicted molar refractivity (Wildman–Crippen MR) is 103 cm³/mol. The molecule has 2 aromatic carbocycles. The molecule has 2 aromatic rings. The topological polar surface area (TPSA) is 57.0 Å². The zero-order chi connectivity index (χ0) is 17.8. The summed E-state index contributed by atoms with van der Waals surface area (Å²) in [6.45, 7) is 5.34. The van der Waals surface area contributed by atoms with E-state index in [1.54, 1.807) is 6.07 Å². The van der Waals surface area contributed by atoms with Gasteiger partial charge in [0, 0.05) is 10.2 Å². The van der Waals surface area contributed by atoms with Crippen molar-refractivity contribution in [1.29, 1.82) is 0 Å². The average molecular weight is 405 g/mol. The number of phenols is 1. The van der Waals surface area contributed by atoms with Gasteiger partial charge in [-0.2, -0.15) is 0 Å². The van der Waals surface area contributed by atoms with Gasteiger partial charge in [-0.3, -0.25) is 4.79 Å². The standard InChI is InChI=1S/C19H22BrN3O2/c1-14(19(25)21-16-6-4-5-15(20)13-16)22-9-11-23(12-10-22)17-7-2-3-8-18(17)24/h2-8,13-14,24H,9-12H2,1H3,(H,21,25)/p+1/t14-/m0/s1. The van der Waals surface area contributed by atoms with Crippen LogP contribution in [0.25, 0.3) is 0 Å². The zero-order valence-corrected chi connectivity index (χ0v) is 15.8. The van der Waals surface area contributed by atoms with Gasteiger partial charge in [-0.1, -0.05) is 34.1 Å². The van der Waals surface area contributed by atoms with Crippen LogP contribution in [0.15, 0.2) is 53.0 Å². The van der Waals surface area contributed by atoms with Gasteiger partial charge in [-0.15, -0.1) is 0 Å². The number of para-hydroxylation sites is 2. The van der Waals surface area contributed by atoms with E-state index in [-0.39, 0.29) is 11.9 Å². The molecular formula is C19H23BrN3O2+. The summed E-state index contributed by atoms with van der Waals surface area (Å²) >= 11 is 3.42. The molecule has 0 unspecified atom stereocenters. The lowest BCUT2D eigenvalue weighted by Crippen LogP contribution is -3.19. The third kappa shape index (κ3) is 4.32. The van der Waals surface area contributed by atoms with Crippen molar-refractivity contribution in [2.24, 2.45) is 0 Å². The van der Waals surface area contributed by atoms with E-state index in [0.29, 0.717) is 5.75 Å². The van der Waals surface area contributed by atoms with Crippen LogP contribution < -0.4 is 15.1 Å². The van der Waals surface area contributed by atoms with Gasteiger partial charge in [0.15, 0.2) is 6.04 Å². The van der Waals surface area contributed by atoms with Crippen LogP contribution >= 0.6 is 15.9 Å². The van der Waals surface area contributed by atoms with E-state index in [1.165, 1.54) is 4.90 Å². The number of hydrogen-bond donors (Lipinski definition) is 3. The molecule has 3 N–H and O–H groups in total. The van der Waals surface area contributed by atoms with Gasteiger partial charge in [-0.05, 0) is 37.3 Å². The van der Waals surface area contributed by atoms with Gasteiger partial charge in [-0.25, -0.2) is 0 Å². The van der Waals surface area contributed by atoms with Crippen molar-refractivity contribution >= 4 is 33.2 Å². The summed E-state index contributed by atoms with van der Waals surface area (Å²) in [7, 11) is 0. The number of carbonyl (C=O) groups excluding carboxylic acids is 1. The smallest absolute Gasteiger partial charge is 0.282 e. The fraction of sp³-hybridized carbons (Fsp3) is 0.316. The first-order valence-electron chi connectivity index (χ1n) is 8.48. The lowest BCUT2D eigenvalue weighted by atomic mass is 10.2. The molecule has 5 nitrogen and oxygen atoms in total. The van der Waals surface area contributed by atoms with Crippen LogP contribution in [0.1, 0.15) is 6.92 Å². The van der Waals surface area contributed by atoms with E-state index >= 15 is 0 Å². The molecule has 132 valence electrons. The van der Waals surface area contributed by atoms with Crippen LogP contribution in [-0.4, -0.2) is 43.2 Å². The minimum atomic E-state index is -0.120. The van der Waals surface area contributed by atoms with Crippen molar-refractivity contribution < 1.29 is 14.8 Å². The van der Waals surface area contributed by atoms with Crippen LogP contribution in [0, 0.1) is 0 Å². The van der Waals surface area contributed by atoms with Crippen molar-refractivity contribution in [1.82, 2.24) is 0 Å². The Bertz CT molecular complexity index is 745. The predicted octanol–water partition coefficient (Wildman–Crippen LogP) is 1.89. The largest absolute Gasteiger partial charge is 0.506 e. The third-order valence-corrected chi connectivity index (χ3v) is 5.22. The van der Waals surface area contributed by atoms with Crippen molar-refractivity contribution in [2.45, 2.75) is 13.0 Å². The maximum absolute atomic E-state index is 12.5. The first-order chi connectivity index (χ1) is 12.0. The number of nitrogens with one attached hydrogen (secondary N) is 2. The SMILES string of the molecule is C[C@@H](C(=O)Nc1cccc(Br)c1)[NH+]1CCN(c2ccccc2O)CC1. The van der Waals surface area contributed by atoms with Gasteiger partial charge in [0.1, 0.15) is 5.75 Å². The summed E-state index contributed by atoms with van der Waals surface area (Å²) in [5.41, 5.74) is 1.67. The monoisotopic (exact) mass is 404 g/mol. The van der Waals surface area contributed by atoms with Gasteiger partial charge < -0.3 is 20.2 Å². The van der Waals surface area contributed by atoms with E-state index in [9.17, 15) is 9.90 Å². The molecule has 0 radical (unpaired) electrons. The molecule has 0 aromatic heterocycles. The number of anilines is 2. The molecule has 0 spiro atoms. The average Bonchev–Trinajstić information content (AvgIpc) is 2.62. The quantitative estimate of drug-likeness (QED) is 0.728. The Hall–Kier alpha value is -2.05. The minimum Gasteiger partial charge on any atom is -0.506 e. The zero-order valence-electron chi connectivity index (χ0n) is 14.2. The number of phenolic OH excluding ortho intramolecular Hbond substituents is 1. The Balaban J connectivity index is 1.57. The number of hydrogen-bond acceptors (Lipinski definition) is 3. The van der Waals surface area contributed by atoms with Crippen LogP contribution in [-0.2, 0) is 4.79 Å². The van der Waals surface area contributed by atoms with Crippen LogP contribution in [0.5, 0.6) is 5.75 Å². The van der Waals surface area contributed by atoms with E-state index in [4.69, 9.17) is 0 Å². The Kier molecular flexibility index (Phi) is 5.60. The second kappa shape index (κ2) is 7.89. The summed E-state index contributed by atoms with van der Waals surface area (Å²) in [6, 6.07) is 14.9. The number of rotatable bonds is 4. The molecule has 1 amide bonds. The minimum absolute atomic E-state index is 0.0316. The van der Waals surface area contributed by atoms with Gasteiger partial charge in [0.05, 0.1) is 31.9 Å². The van der Waals surface area contributed by atoms with Crippen molar-refractivity contribution in [3.05, 3.63) is 53.0 Å². The molecule has 25 heavy (non-hydrogen) atoms. The van der Waals surface area contributed by atoms with Crippen molar-refractivity contribution in [3.8, 4) is 5.75 Å². The molecule has 6 heteroatoms. The fourth-order valence-corrected chi connectivity index (χ4v) is 3.60. The van der Waals surface area contributed by atoms with Gasteiger partial charge in [0.25, 0.3) is 5.91 Å². The molecule has 1 aliphatic rings. The first-order valence-corrected chi connectivity index (χ1v) is 9.28. The first kappa shape index (κ1) is 17.8. The molecule has 1 aliphatic heterocycles. The Morgan fingerprint density at radius 2 is 1.92 bits per heavy atom. The molecule has 0 aliphatic carbocycles. The fourth-order valence-electron chi connectivity index (χ4n) is 3.20. The summed E-state index contributed by atoms with van der Waals surface area (Å²) < 4.78 is 0.946. The number of halogens is 1. The highest BCUT2D eigenvalue weighted by Crippen LogP contribution is 2.26. The highest BCUT2D eigenvalue weighted by atomic mass is 79.9. The number of nitrogens with zero attached hydrogens (tertiary/aromatic N) is 1. The van der Waals surface area contributed by atoms with E-state index < -0.39 is 0 Å². The molecule has 0 bridgehead atoms. The highest BCUT2D eigenvalue weighted by Gasteiger charge is 2.29. The van der Waals surface area contributed by atoms with Crippen molar-refractivity contribution in [2.75, 3.05) is 36.4 Å². The number of carbonyl (C=O) groups is 1. The number of quaternary nitrogens is 1. The Morgan fingerprint density at radius 3 is 2.60 bits per heavy atom. The summed E-state index contributed by atoms with van der Waals surface area (Å²) in [5.74, 6) is 0.343. The molecule has 1 fully saturated rings. The molecular weight excluding hydrogens is 382 g/mol. The normalized spacial score (nSPS) is 16.5. The number of piperazine rings is 1. The summed E-state index contributed by atoms with van der Waals surface area (Å²) in [5, 5.41) is 13.0. The van der Waals surface area contributed by atoms with Crippen molar-refractivity contribution in [3.63, 3.8) is 0 Å². The molecule has 1 heterocycles. The van der Waals surface area contributed by atoms with Gasteiger partial charge in [0.2, 0.25) is 0 Å². The van der Waals surface area contributed by atoms with E-state index in [1.807, 2.05) is 49.4 Å². The molecule has 1 saturated heterocycles. The second-order valence-corrected chi connectivity index (χ2v) is 7.27. The van der Waals surface area contributed by atoms with Crippen LogP contribution in [0.2, 0.25) is 0 Å². The Morgan fingerprint density at radius 1 is 1.20 bits per heavy atom. The third-order valence-electron chi connectivity index (χ3n) is 4.73. The highest BCUT2D eigenvalue weighted by molar-refractivity contribution is 9.10. The molecule has 1 atom stereocenters. The Labute approximate surface area is 156 Å². The maximum atomic E-state index is 12.5.